The second kappa shape index (κ2) is 30.9. The van der Waals surface area contributed by atoms with E-state index in [4.69, 9.17) is 14.2 Å². The highest BCUT2D eigenvalue weighted by Gasteiger charge is 2.19. The molecule has 0 bridgehead atoms. The monoisotopic (exact) mass is 597 g/mol. The molecule has 0 aromatic rings. The molecule has 0 radical (unpaired) electrons. The van der Waals surface area contributed by atoms with E-state index in [1.807, 2.05) is 0 Å². The van der Waals surface area contributed by atoms with Crippen molar-refractivity contribution in [3.63, 3.8) is 0 Å². The fourth-order valence-corrected chi connectivity index (χ4v) is 5.00. The third kappa shape index (κ3) is 28.5. The molecule has 0 spiro atoms. The van der Waals surface area contributed by atoms with Gasteiger partial charge in [-0.1, -0.05) is 150 Å². The smallest absolute Gasteiger partial charge is 0.306 e. The number of esters is 3. The van der Waals surface area contributed by atoms with Crippen LogP contribution in [0.4, 0.5) is 0 Å². The van der Waals surface area contributed by atoms with Crippen LogP contribution in [0.15, 0.2) is 0 Å². The summed E-state index contributed by atoms with van der Waals surface area (Å²) >= 11 is 0. The molecule has 0 aromatic carbocycles. The van der Waals surface area contributed by atoms with Crippen LogP contribution in [-0.4, -0.2) is 37.2 Å². The van der Waals surface area contributed by atoms with E-state index in [0.29, 0.717) is 19.3 Å². The second-order valence-electron chi connectivity index (χ2n) is 12.4. The first kappa shape index (κ1) is 40.4. The van der Waals surface area contributed by atoms with Crippen molar-refractivity contribution in [1.29, 1.82) is 0 Å². The lowest BCUT2D eigenvalue weighted by Crippen LogP contribution is -2.30. The summed E-state index contributed by atoms with van der Waals surface area (Å²) in [6.45, 7) is 8.81. The Morgan fingerprint density at radius 3 is 1.24 bits per heavy atom. The Balaban J connectivity index is 4.29. The van der Waals surface area contributed by atoms with Crippen molar-refractivity contribution in [2.75, 3.05) is 13.2 Å². The summed E-state index contributed by atoms with van der Waals surface area (Å²) < 4.78 is 16.4. The molecule has 0 saturated heterocycles. The molecule has 0 aromatic heterocycles. The van der Waals surface area contributed by atoms with Crippen molar-refractivity contribution in [1.82, 2.24) is 0 Å². The topological polar surface area (TPSA) is 78.9 Å². The van der Waals surface area contributed by atoms with Gasteiger partial charge in [-0.05, 0) is 25.2 Å². The van der Waals surface area contributed by atoms with Crippen molar-refractivity contribution in [3.05, 3.63) is 0 Å². The molecule has 0 heterocycles. The summed E-state index contributed by atoms with van der Waals surface area (Å²) in [7, 11) is 0. The Labute approximate surface area is 259 Å². The SMILES string of the molecule is CCCCCCCCCCCC(=O)OC[C@@H](COC(=O)CCCCCCCCC(C)CC)OC(=O)CCCCCCC. The van der Waals surface area contributed by atoms with E-state index in [0.717, 1.165) is 70.1 Å². The van der Waals surface area contributed by atoms with Gasteiger partial charge in [0.2, 0.25) is 0 Å². The molecule has 6 nitrogen and oxygen atoms in total. The molecule has 0 rings (SSSR count). The zero-order chi connectivity index (χ0) is 31.1. The molecule has 0 aliphatic carbocycles. The summed E-state index contributed by atoms with van der Waals surface area (Å²) in [6, 6.07) is 0. The molecular formula is C36H68O6. The lowest BCUT2D eigenvalue weighted by atomic mass is 10.00. The highest BCUT2D eigenvalue weighted by atomic mass is 16.6. The lowest BCUT2D eigenvalue weighted by Gasteiger charge is -2.18. The van der Waals surface area contributed by atoms with Gasteiger partial charge >= 0.3 is 17.9 Å². The van der Waals surface area contributed by atoms with Crippen molar-refractivity contribution >= 4 is 17.9 Å². The van der Waals surface area contributed by atoms with E-state index < -0.39 is 6.10 Å². The minimum atomic E-state index is -0.755. The first-order valence-electron chi connectivity index (χ1n) is 17.9. The number of carbonyl (C=O) groups is 3. The largest absolute Gasteiger partial charge is 0.462 e. The van der Waals surface area contributed by atoms with Crippen LogP contribution in [0, 0.1) is 5.92 Å². The van der Waals surface area contributed by atoms with Crippen LogP contribution in [-0.2, 0) is 28.6 Å². The van der Waals surface area contributed by atoms with Gasteiger partial charge in [-0.3, -0.25) is 14.4 Å². The van der Waals surface area contributed by atoms with Crippen LogP contribution in [0.2, 0.25) is 0 Å². The third-order valence-electron chi connectivity index (χ3n) is 8.15. The van der Waals surface area contributed by atoms with Gasteiger partial charge in [0.05, 0.1) is 0 Å². The van der Waals surface area contributed by atoms with Crippen LogP contribution in [0.25, 0.3) is 0 Å². The Hall–Kier alpha value is -1.59. The summed E-state index contributed by atoms with van der Waals surface area (Å²) in [5.74, 6) is -0.0739. The minimum absolute atomic E-state index is 0.0677. The second-order valence-corrected chi connectivity index (χ2v) is 12.4. The fourth-order valence-electron chi connectivity index (χ4n) is 5.00. The number of hydrogen-bond donors (Lipinski definition) is 0. The van der Waals surface area contributed by atoms with Gasteiger partial charge in [-0.15, -0.1) is 0 Å². The zero-order valence-electron chi connectivity index (χ0n) is 28.2. The molecule has 2 atom stereocenters. The van der Waals surface area contributed by atoms with E-state index in [2.05, 4.69) is 27.7 Å². The Kier molecular flexibility index (Phi) is 29.7. The average molecular weight is 597 g/mol. The molecule has 0 aliphatic heterocycles. The van der Waals surface area contributed by atoms with Gasteiger partial charge in [0.15, 0.2) is 6.10 Å². The van der Waals surface area contributed by atoms with Crippen molar-refractivity contribution in [2.45, 2.75) is 194 Å². The summed E-state index contributed by atoms with van der Waals surface area (Å²) in [5, 5.41) is 0. The lowest BCUT2D eigenvalue weighted by molar-refractivity contribution is -0.167. The number of carbonyl (C=O) groups excluding carboxylic acids is 3. The molecular weight excluding hydrogens is 528 g/mol. The quantitative estimate of drug-likeness (QED) is 0.0450. The van der Waals surface area contributed by atoms with Gasteiger partial charge in [0.1, 0.15) is 13.2 Å². The third-order valence-corrected chi connectivity index (χ3v) is 8.15. The predicted octanol–water partition coefficient (Wildman–Crippen LogP) is 10.4. The Morgan fingerprint density at radius 2 is 0.833 bits per heavy atom. The number of rotatable bonds is 31. The molecule has 0 amide bonds. The highest BCUT2D eigenvalue weighted by Crippen LogP contribution is 2.15. The van der Waals surface area contributed by atoms with Gasteiger partial charge in [0, 0.05) is 19.3 Å². The van der Waals surface area contributed by atoms with Crippen molar-refractivity contribution < 1.29 is 28.6 Å². The van der Waals surface area contributed by atoms with Gasteiger partial charge in [-0.25, -0.2) is 0 Å². The van der Waals surface area contributed by atoms with Gasteiger partial charge < -0.3 is 14.2 Å². The molecule has 248 valence electrons. The average Bonchev–Trinajstić information content (AvgIpc) is 2.98. The van der Waals surface area contributed by atoms with E-state index in [-0.39, 0.29) is 31.1 Å². The maximum atomic E-state index is 12.4. The summed E-state index contributed by atoms with van der Waals surface area (Å²) in [5.41, 5.74) is 0. The van der Waals surface area contributed by atoms with Crippen LogP contribution in [0.3, 0.4) is 0 Å². The number of hydrogen-bond acceptors (Lipinski definition) is 6. The van der Waals surface area contributed by atoms with E-state index >= 15 is 0 Å². The Morgan fingerprint density at radius 1 is 0.476 bits per heavy atom. The molecule has 42 heavy (non-hydrogen) atoms. The van der Waals surface area contributed by atoms with Crippen molar-refractivity contribution in [2.24, 2.45) is 5.92 Å². The van der Waals surface area contributed by atoms with Crippen LogP contribution >= 0.6 is 0 Å². The summed E-state index contributed by atoms with van der Waals surface area (Å²) in [4.78, 5) is 37.0. The van der Waals surface area contributed by atoms with E-state index in [9.17, 15) is 14.4 Å². The standard InChI is InChI=1S/C36H68O6/c1-5-8-10-12-13-14-15-20-23-27-34(37)40-30-33(42-36(39)29-25-18-11-9-6-2)31-41-35(38)28-24-21-17-16-19-22-26-32(4)7-3/h32-33H,5-31H2,1-4H3/t32?,33-/m0/s1. The van der Waals surface area contributed by atoms with Crippen LogP contribution in [0.1, 0.15) is 188 Å². The minimum Gasteiger partial charge on any atom is -0.462 e. The van der Waals surface area contributed by atoms with E-state index in [1.54, 1.807) is 0 Å². The molecule has 0 fully saturated rings. The number of ether oxygens (including phenoxy) is 3. The maximum absolute atomic E-state index is 12.4. The predicted molar refractivity (Wildman–Crippen MR) is 173 cm³/mol. The molecule has 0 aliphatic rings. The van der Waals surface area contributed by atoms with Crippen LogP contribution in [0.5, 0.6) is 0 Å². The molecule has 1 unspecified atom stereocenters. The molecule has 0 N–H and O–H groups in total. The van der Waals surface area contributed by atoms with E-state index in [1.165, 1.54) is 77.0 Å². The highest BCUT2D eigenvalue weighted by molar-refractivity contribution is 5.71. The van der Waals surface area contributed by atoms with Crippen LogP contribution < -0.4 is 0 Å². The van der Waals surface area contributed by atoms with Gasteiger partial charge in [0.25, 0.3) is 0 Å². The Bertz CT molecular complexity index is 634. The summed E-state index contributed by atoms with van der Waals surface area (Å²) in [6.07, 6.45) is 25.5. The zero-order valence-corrected chi connectivity index (χ0v) is 28.2. The normalized spacial score (nSPS) is 12.6. The first-order chi connectivity index (χ1) is 20.4. The van der Waals surface area contributed by atoms with Gasteiger partial charge in [-0.2, -0.15) is 0 Å². The maximum Gasteiger partial charge on any atom is 0.306 e. The van der Waals surface area contributed by atoms with Crippen molar-refractivity contribution in [3.8, 4) is 0 Å². The first-order valence-corrected chi connectivity index (χ1v) is 17.9. The molecule has 6 heteroatoms. The number of unbranched alkanes of at least 4 members (excludes halogenated alkanes) is 17. The fraction of sp³-hybridized carbons (Fsp3) is 0.917. The molecule has 0 saturated carbocycles.